The number of hydrogen-bond acceptors (Lipinski definition) is 1. The zero-order chi connectivity index (χ0) is 11.5. The molecule has 0 radical (unpaired) electrons. The molecule has 1 unspecified atom stereocenters. The van der Waals surface area contributed by atoms with Gasteiger partial charge in [0.15, 0.2) is 0 Å². The molecule has 1 N–H and O–H groups in total. The van der Waals surface area contributed by atoms with Crippen LogP contribution in [0.25, 0.3) is 0 Å². The predicted octanol–water partition coefficient (Wildman–Crippen LogP) is 3.04. The average Bonchev–Trinajstić information content (AvgIpc) is 2.14. The molecule has 0 bridgehead atoms. The van der Waals surface area contributed by atoms with E-state index in [-0.39, 0.29) is 0 Å². The molecular formula is C10H11F4N. The first kappa shape index (κ1) is 12.0. The Balaban J connectivity index is 2.54. The van der Waals surface area contributed by atoms with Crippen molar-refractivity contribution in [3.63, 3.8) is 0 Å². The third kappa shape index (κ3) is 4.29. The minimum absolute atomic E-state index is 0.401. The maximum absolute atomic E-state index is 12.5. The summed E-state index contributed by atoms with van der Waals surface area (Å²) in [5.74, 6) is -0.401. The fraction of sp³-hybridized carbons (Fsp3) is 0.400. The summed E-state index contributed by atoms with van der Waals surface area (Å²) in [6.07, 6.45) is -4.23. The standard InChI is InChI=1S/C10H11F4N/c1-7(15-6-10(12,13)14)8-2-4-9(11)5-3-8/h2-5,7,15H,6H2,1H3. The molecule has 0 spiro atoms. The first-order chi connectivity index (χ1) is 6.88. The van der Waals surface area contributed by atoms with Crippen LogP contribution in [0.3, 0.4) is 0 Å². The van der Waals surface area contributed by atoms with Crippen LogP contribution < -0.4 is 5.32 Å². The highest BCUT2D eigenvalue weighted by Crippen LogP contribution is 2.17. The summed E-state index contributed by atoms with van der Waals surface area (Å²) >= 11 is 0. The highest BCUT2D eigenvalue weighted by atomic mass is 19.4. The van der Waals surface area contributed by atoms with E-state index in [1.165, 1.54) is 24.3 Å². The number of halogens is 4. The monoisotopic (exact) mass is 221 g/mol. The first-order valence-corrected chi connectivity index (χ1v) is 4.44. The quantitative estimate of drug-likeness (QED) is 0.773. The van der Waals surface area contributed by atoms with Gasteiger partial charge in [-0.2, -0.15) is 13.2 Å². The minimum atomic E-state index is -4.23. The lowest BCUT2D eigenvalue weighted by Crippen LogP contribution is -2.30. The van der Waals surface area contributed by atoms with E-state index in [1.807, 2.05) is 0 Å². The molecule has 0 aromatic heterocycles. The second kappa shape index (κ2) is 4.61. The number of rotatable bonds is 3. The van der Waals surface area contributed by atoms with Gasteiger partial charge < -0.3 is 5.32 Å². The summed E-state index contributed by atoms with van der Waals surface area (Å²) in [4.78, 5) is 0. The molecule has 1 rings (SSSR count). The van der Waals surface area contributed by atoms with E-state index in [1.54, 1.807) is 6.92 Å². The van der Waals surface area contributed by atoms with E-state index < -0.39 is 24.6 Å². The SMILES string of the molecule is CC(NCC(F)(F)F)c1ccc(F)cc1. The van der Waals surface area contributed by atoms with Gasteiger partial charge >= 0.3 is 6.18 Å². The maximum atomic E-state index is 12.5. The largest absolute Gasteiger partial charge is 0.401 e. The molecule has 0 fully saturated rings. The zero-order valence-corrected chi connectivity index (χ0v) is 8.11. The van der Waals surface area contributed by atoms with Crippen LogP contribution in [0.4, 0.5) is 17.6 Å². The van der Waals surface area contributed by atoms with Crippen molar-refractivity contribution in [3.8, 4) is 0 Å². The van der Waals surface area contributed by atoms with Crippen LogP contribution >= 0.6 is 0 Å². The van der Waals surface area contributed by atoms with Gasteiger partial charge in [0, 0.05) is 6.04 Å². The molecule has 5 heteroatoms. The van der Waals surface area contributed by atoms with E-state index in [0.717, 1.165) is 0 Å². The second-order valence-corrected chi connectivity index (χ2v) is 3.27. The molecule has 0 aliphatic rings. The van der Waals surface area contributed by atoms with Crippen molar-refractivity contribution in [2.45, 2.75) is 19.1 Å². The van der Waals surface area contributed by atoms with Gasteiger partial charge in [0.2, 0.25) is 0 Å². The summed E-state index contributed by atoms with van der Waals surface area (Å²) in [6.45, 7) is 0.546. The number of nitrogens with one attached hydrogen (secondary N) is 1. The summed E-state index contributed by atoms with van der Waals surface area (Å²) in [6, 6.07) is 4.92. The topological polar surface area (TPSA) is 12.0 Å². The molecule has 0 heterocycles. The van der Waals surface area contributed by atoms with Gasteiger partial charge in [-0.05, 0) is 24.6 Å². The van der Waals surface area contributed by atoms with E-state index in [9.17, 15) is 17.6 Å². The average molecular weight is 221 g/mol. The molecular weight excluding hydrogens is 210 g/mol. The third-order valence-electron chi connectivity index (χ3n) is 1.98. The van der Waals surface area contributed by atoms with Crippen LogP contribution in [0.5, 0.6) is 0 Å². The number of hydrogen-bond donors (Lipinski definition) is 1. The Bertz CT molecular complexity index is 304. The third-order valence-corrected chi connectivity index (χ3v) is 1.98. The second-order valence-electron chi connectivity index (χ2n) is 3.27. The van der Waals surface area contributed by atoms with E-state index >= 15 is 0 Å². The summed E-state index contributed by atoms with van der Waals surface area (Å²) in [7, 11) is 0. The van der Waals surface area contributed by atoms with E-state index in [0.29, 0.717) is 5.56 Å². The fourth-order valence-electron chi connectivity index (χ4n) is 1.14. The van der Waals surface area contributed by atoms with Crippen LogP contribution in [0, 0.1) is 5.82 Å². The summed E-state index contributed by atoms with van der Waals surface area (Å²) in [5.41, 5.74) is 0.626. The fourth-order valence-corrected chi connectivity index (χ4v) is 1.14. The Kier molecular flexibility index (Phi) is 3.68. The lowest BCUT2D eigenvalue weighted by atomic mass is 10.1. The van der Waals surface area contributed by atoms with Crippen molar-refractivity contribution in [2.75, 3.05) is 6.54 Å². The minimum Gasteiger partial charge on any atom is -0.302 e. The molecule has 0 saturated heterocycles. The van der Waals surface area contributed by atoms with Gasteiger partial charge in [-0.1, -0.05) is 12.1 Å². The van der Waals surface area contributed by atoms with Crippen LogP contribution in [-0.2, 0) is 0 Å². The number of benzene rings is 1. The molecule has 0 saturated carbocycles. The first-order valence-electron chi connectivity index (χ1n) is 4.44. The Hall–Kier alpha value is -1.10. The van der Waals surface area contributed by atoms with Crippen LogP contribution in [0.15, 0.2) is 24.3 Å². The normalized spacial score (nSPS) is 13.9. The zero-order valence-electron chi connectivity index (χ0n) is 8.11. The molecule has 0 aliphatic heterocycles. The maximum Gasteiger partial charge on any atom is 0.401 e. The molecule has 1 aromatic rings. The van der Waals surface area contributed by atoms with Gasteiger partial charge in [-0.3, -0.25) is 0 Å². The van der Waals surface area contributed by atoms with Crippen molar-refractivity contribution in [3.05, 3.63) is 35.6 Å². The summed E-state index contributed by atoms with van der Waals surface area (Å²) in [5, 5.41) is 2.31. The molecule has 0 amide bonds. The van der Waals surface area contributed by atoms with E-state index in [4.69, 9.17) is 0 Å². The number of alkyl halides is 3. The van der Waals surface area contributed by atoms with Crippen LogP contribution in [0.1, 0.15) is 18.5 Å². The van der Waals surface area contributed by atoms with Crippen LogP contribution in [0.2, 0.25) is 0 Å². The lowest BCUT2D eigenvalue weighted by Gasteiger charge is -2.15. The smallest absolute Gasteiger partial charge is 0.302 e. The Morgan fingerprint density at radius 3 is 2.20 bits per heavy atom. The van der Waals surface area contributed by atoms with Gasteiger partial charge in [0.1, 0.15) is 5.82 Å². The Labute approximate surface area is 85.1 Å². The van der Waals surface area contributed by atoms with Crippen molar-refractivity contribution in [1.82, 2.24) is 5.32 Å². The molecule has 0 aliphatic carbocycles. The highest BCUT2D eigenvalue weighted by molar-refractivity contribution is 5.19. The lowest BCUT2D eigenvalue weighted by molar-refractivity contribution is -0.126. The summed E-state index contributed by atoms with van der Waals surface area (Å²) < 4.78 is 48.1. The predicted molar refractivity (Wildman–Crippen MR) is 48.9 cm³/mol. The molecule has 1 nitrogen and oxygen atoms in total. The molecule has 1 atom stereocenters. The van der Waals surface area contributed by atoms with Gasteiger partial charge in [-0.25, -0.2) is 4.39 Å². The van der Waals surface area contributed by atoms with Gasteiger partial charge in [0.05, 0.1) is 6.54 Å². The molecule has 15 heavy (non-hydrogen) atoms. The van der Waals surface area contributed by atoms with Gasteiger partial charge in [-0.15, -0.1) is 0 Å². The van der Waals surface area contributed by atoms with E-state index in [2.05, 4.69) is 5.32 Å². The highest BCUT2D eigenvalue weighted by Gasteiger charge is 2.27. The molecule has 84 valence electrons. The Morgan fingerprint density at radius 2 is 1.73 bits per heavy atom. The van der Waals surface area contributed by atoms with Crippen LogP contribution in [-0.4, -0.2) is 12.7 Å². The molecule has 1 aromatic carbocycles. The van der Waals surface area contributed by atoms with Crippen molar-refractivity contribution in [1.29, 1.82) is 0 Å². The van der Waals surface area contributed by atoms with Crippen molar-refractivity contribution in [2.24, 2.45) is 0 Å². The van der Waals surface area contributed by atoms with Crippen molar-refractivity contribution >= 4 is 0 Å². The van der Waals surface area contributed by atoms with Gasteiger partial charge in [0.25, 0.3) is 0 Å². The Morgan fingerprint density at radius 1 is 1.20 bits per heavy atom. The van der Waals surface area contributed by atoms with Crippen molar-refractivity contribution < 1.29 is 17.6 Å².